The maximum Gasteiger partial charge on any atom is 0.269 e. The summed E-state index contributed by atoms with van der Waals surface area (Å²) in [5.74, 6) is -1.63. The van der Waals surface area contributed by atoms with E-state index in [4.69, 9.17) is 0 Å². The maximum atomic E-state index is 14.2. The molecule has 0 radical (unpaired) electrons. The maximum absolute atomic E-state index is 14.2. The largest absolute Gasteiger partial charge is 0.355 e. The van der Waals surface area contributed by atoms with E-state index >= 15 is 0 Å². The van der Waals surface area contributed by atoms with Crippen molar-refractivity contribution in [1.82, 2.24) is 10.2 Å². The van der Waals surface area contributed by atoms with Gasteiger partial charge < -0.3 is 10.2 Å². The molecule has 0 fully saturated rings. The van der Waals surface area contributed by atoms with Gasteiger partial charge in [0.15, 0.2) is 0 Å². The van der Waals surface area contributed by atoms with Crippen molar-refractivity contribution in [2.45, 2.75) is 30.8 Å². The van der Waals surface area contributed by atoms with Crippen molar-refractivity contribution < 1.29 is 27.3 Å². The number of halogens is 1. The number of nitro benzene ring substituents is 1. The van der Waals surface area contributed by atoms with E-state index in [9.17, 15) is 32.5 Å². The van der Waals surface area contributed by atoms with E-state index in [1.165, 1.54) is 65.6 Å². The van der Waals surface area contributed by atoms with Crippen LogP contribution in [0.25, 0.3) is 0 Å². The molecular weight excluding hydrogens is 587 g/mol. The van der Waals surface area contributed by atoms with Gasteiger partial charge in [-0.2, -0.15) is 0 Å². The minimum Gasteiger partial charge on any atom is -0.355 e. The molecule has 2 amide bonds. The number of non-ortho nitro benzene ring substituents is 1. The first-order chi connectivity index (χ1) is 21.1. The predicted molar refractivity (Wildman–Crippen MR) is 164 cm³/mol. The molecule has 228 valence electrons. The molecule has 0 spiro atoms. The Morgan fingerprint density at radius 2 is 1.45 bits per heavy atom. The second kappa shape index (κ2) is 14.4. The van der Waals surface area contributed by atoms with Crippen LogP contribution in [0.3, 0.4) is 0 Å². The standard InChI is InChI=1S/C32H31FN4O6S/c1-2-34-32(39)30(21-24-9-5-3-6-10-24)35(22-25-13-15-26(33)16-14-25)31(38)23-36(27-17-19-28(20-18-27)37(40)41)44(42,43)29-11-7-4-8-12-29/h3-20,30H,2,21-23H2,1H3,(H,34,39)/t30-/m1/s1. The van der Waals surface area contributed by atoms with Crippen molar-refractivity contribution in [3.05, 3.63) is 136 Å². The molecule has 0 heterocycles. The zero-order valence-electron chi connectivity index (χ0n) is 23.9. The van der Waals surface area contributed by atoms with Gasteiger partial charge in [-0.3, -0.25) is 24.0 Å². The Bertz CT molecular complexity index is 1690. The van der Waals surface area contributed by atoms with E-state index in [1.54, 1.807) is 25.1 Å². The summed E-state index contributed by atoms with van der Waals surface area (Å²) in [4.78, 5) is 39.5. The quantitative estimate of drug-likeness (QED) is 0.171. The van der Waals surface area contributed by atoms with Crippen LogP contribution < -0.4 is 9.62 Å². The highest BCUT2D eigenvalue weighted by Crippen LogP contribution is 2.27. The minimum absolute atomic E-state index is 0.0205. The lowest BCUT2D eigenvalue weighted by Gasteiger charge is -2.33. The smallest absolute Gasteiger partial charge is 0.269 e. The van der Waals surface area contributed by atoms with Crippen molar-refractivity contribution in [3.8, 4) is 0 Å². The molecule has 0 saturated carbocycles. The molecule has 0 bridgehead atoms. The fourth-order valence-corrected chi connectivity index (χ4v) is 6.06. The lowest BCUT2D eigenvalue weighted by molar-refractivity contribution is -0.384. The average molecular weight is 619 g/mol. The lowest BCUT2D eigenvalue weighted by atomic mass is 10.0. The molecule has 44 heavy (non-hydrogen) atoms. The molecule has 10 nitrogen and oxygen atoms in total. The Kier molecular flexibility index (Phi) is 10.4. The van der Waals surface area contributed by atoms with Crippen LogP contribution in [0.1, 0.15) is 18.1 Å². The molecule has 0 aromatic heterocycles. The summed E-state index contributed by atoms with van der Waals surface area (Å²) >= 11 is 0. The number of likely N-dealkylation sites (N-methyl/N-ethyl adjacent to an activating group) is 1. The third kappa shape index (κ3) is 7.84. The van der Waals surface area contributed by atoms with E-state index in [1.807, 2.05) is 18.2 Å². The highest BCUT2D eigenvalue weighted by molar-refractivity contribution is 7.92. The van der Waals surface area contributed by atoms with Crippen LogP contribution in [-0.2, 0) is 32.6 Å². The molecule has 12 heteroatoms. The highest BCUT2D eigenvalue weighted by atomic mass is 32.2. The molecule has 1 atom stereocenters. The molecule has 4 aromatic rings. The number of anilines is 1. The summed E-state index contributed by atoms with van der Waals surface area (Å²) in [6.45, 7) is 1.19. The molecule has 0 aliphatic carbocycles. The summed E-state index contributed by atoms with van der Waals surface area (Å²) < 4.78 is 42.4. The summed E-state index contributed by atoms with van der Waals surface area (Å²) in [6, 6.07) is 25.7. The fraction of sp³-hybridized carbons (Fsp3) is 0.188. The minimum atomic E-state index is -4.34. The second-order valence-electron chi connectivity index (χ2n) is 9.85. The van der Waals surface area contributed by atoms with Gasteiger partial charge in [0, 0.05) is 31.6 Å². The van der Waals surface area contributed by atoms with Crippen molar-refractivity contribution >= 4 is 33.2 Å². The van der Waals surface area contributed by atoms with Gasteiger partial charge in [0.05, 0.1) is 15.5 Å². The van der Waals surface area contributed by atoms with Gasteiger partial charge in [-0.1, -0.05) is 60.7 Å². The Morgan fingerprint density at radius 3 is 2.02 bits per heavy atom. The Morgan fingerprint density at radius 1 is 0.864 bits per heavy atom. The van der Waals surface area contributed by atoms with Crippen LogP contribution in [0, 0.1) is 15.9 Å². The number of rotatable bonds is 13. The molecule has 0 saturated heterocycles. The van der Waals surface area contributed by atoms with Crippen molar-refractivity contribution in [2.75, 3.05) is 17.4 Å². The van der Waals surface area contributed by atoms with Crippen molar-refractivity contribution in [2.24, 2.45) is 0 Å². The molecule has 0 aliphatic heterocycles. The van der Waals surface area contributed by atoms with E-state index in [0.717, 1.165) is 22.0 Å². The van der Waals surface area contributed by atoms with Gasteiger partial charge in [0.2, 0.25) is 11.8 Å². The number of benzene rings is 4. The highest BCUT2D eigenvalue weighted by Gasteiger charge is 2.34. The predicted octanol–water partition coefficient (Wildman–Crippen LogP) is 4.71. The molecule has 1 N–H and O–H groups in total. The third-order valence-electron chi connectivity index (χ3n) is 6.85. The summed E-state index contributed by atoms with van der Waals surface area (Å²) in [5, 5.41) is 14.0. The molecule has 0 aliphatic rings. The van der Waals surface area contributed by atoms with Crippen LogP contribution in [0.2, 0.25) is 0 Å². The number of hydrogen-bond donors (Lipinski definition) is 1. The topological polar surface area (TPSA) is 130 Å². The van der Waals surface area contributed by atoms with E-state index in [0.29, 0.717) is 12.1 Å². The third-order valence-corrected chi connectivity index (χ3v) is 8.63. The van der Waals surface area contributed by atoms with Gasteiger partial charge in [0.25, 0.3) is 15.7 Å². The first-order valence-electron chi connectivity index (χ1n) is 13.8. The number of carbonyl (C=O) groups excluding carboxylic acids is 2. The fourth-order valence-electron chi connectivity index (χ4n) is 4.62. The molecule has 0 unspecified atom stereocenters. The van der Waals surface area contributed by atoms with Gasteiger partial charge in [0.1, 0.15) is 18.4 Å². The SMILES string of the molecule is CCNC(=O)[C@@H](Cc1ccccc1)N(Cc1ccc(F)cc1)C(=O)CN(c1ccc([N+](=O)[O-])cc1)S(=O)(=O)c1ccccc1. The molecular formula is C32H31FN4O6S. The Balaban J connectivity index is 1.79. The van der Waals surface area contributed by atoms with Crippen molar-refractivity contribution in [1.29, 1.82) is 0 Å². The molecule has 4 aromatic carbocycles. The average Bonchev–Trinajstić information content (AvgIpc) is 3.03. The zero-order chi connectivity index (χ0) is 31.7. The van der Waals surface area contributed by atoms with Crippen LogP contribution in [0.4, 0.5) is 15.8 Å². The van der Waals surface area contributed by atoms with Crippen LogP contribution >= 0.6 is 0 Å². The Hall–Kier alpha value is -5.10. The summed E-state index contributed by atoms with van der Waals surface area (Å²) in [5.41, 5.74) is 1.06. The van der Waals surface area contributed by atoms with Gasteiger partial charge >= 0.3 is 0 Å². The normalized spacial score (nSPS) is 11.8. The first kappa shape index (κ1) is 31.8. The lowest BCUT2D eigenvalue weighted by Crippen LogP contribution is -2.53. The second-order valence-corrected chi connectivity index (χ2v) is 11.7. The van der Waals surface area contributed by atoms with E-state index < -0.39 is 45.2 Å². The van der Waals surface area contributed by atoms with Gasteiger partial charge in [-0.15, -0.1) is 0 Å². The number of carbonyl (C=O) groups is 2. The van der Waals surface area contributed by atoms with Crippen LogP contribution in [-0.4, -0.2) is 49.2 Å². The van der Waals surface area contributed by atoms with E-state index in [2.05, 4.69) is 5.32 Å². The van der Waals surface area contributed by atoms with Crippen LogP contribution in [0.15, 0.2) is 114 Å². The number of nitrogens with one attached hydrogen (secondary N) is 1. The zero-order valence-corrected chi connectivity index (χ0v) is 24.7. The van der Waals surface area contributed by atoms with E-state index in [-0.39, 0.29) is 29.2 Å². The first-order valence-corrected chi connectivity index (χ1v) is 15.2. The monoisotopic (exact) mass is 618 g/mol. The number of sulfonamides is 1. The Labute approximate surface area is 254 Å². The van der Waals surface area contributed by atoms with Gasteiger partial charge in [-0.25, -0.2) is 12.8 Å². The summed E-state index contributed by atoms with van der Waals surface area (Å²) in [6.07, 6.45) is 0.128. The number of amides is 2. The van der Waals surface area contributed by atoms with Gasteiger partial charge in [-0.05, 0) is 54.4 Å². The molecule has 4 rings (SSSR count). The number of hydrogen-bond acceptors (Lipinski definition) is 6. The summed E-state index contributed by atoms with van der Waals surface area (Å²) in [7, 11) is -4.34. The van der Waals surface area contributed by atoms with Crippen molar-refractivity contribution in [3.63, 3.8) is 0 Å². The number of nitro groups is 1. The number of nitrogens with zero attached hydrogens (tertiary/aromatic N) is 3. The van der Waals surface area contributed by atoms with Crippen LogP contribution in [0.5, 0.6) is 0 Å².